The molecule has 3 N–H and O–H groups in total. The van der Waals surface area contributed by atoms with Gasteiger partial charge in [-0.05, 0) is 32.3 Å². The monoisotopic (exact) mass is 552 g/mol. The summed E-state index contributed by atoms with van der Waals surface area (Å²) in [6, 6.07) is 5.96. The van der Waals surface area contributed by atoms with Crippen LogP contribution in [-0.2, 0) is 16.3 Å². The van der Waals surface area contributed by atoms with E-state index in [-0.39, 0.29) is 35.8 Å². The number of nitrogens with zero attached hydrogens (tertiary/aromatic N) is 1. The lowest BCUT2D eigenvalue weighted by molar-refractivity contribution is 0.398. The van der Waals surface area contributed by atoms with Gasteiger partial charge < -0.3 is 25.1 Å². The zero-order valence-electron chi connectivity index (χ0n) is 18.2. The van der Waals surface area contributed by atoms with Gasteiger partial charge in [0.05, 0.1) is 25.5 Å². The van der Waals surface area contributed by atoms with Gasteiger partial charge in [0.2, 0.25) is 0 Å². The molecule has 1 aromatic heterocycles. The van der Waals surface area contributed by atoms with Crippen molar-refractivity contribution < 1.29 is 17.9 Å². The number of aromatic nitrogens is 1. The number of fused-ring (bicyclic) bond motifs is 1. The second-order valence-electron chi connectivity index (χ2n) is 7.15. The van der Waals surface area contributed by atoms with Gasteiger partial charge in [0, 0.05) is 49.1 Å². The first-order valence-electron chi connectivity index (χ1n) is 9.64. The summed E-state index contributed by atoms with van der Waals surface area (Å²) in [6.07, 6.45) is 3.57. The molecule has 0 saturated carbocycles. The van der Waals surface area contributed by atoms with E-state index in [0.29, 0.717) is 12.4 Å². The highest BCUT2D eigenvalue weighted by Gasteiger charge is 2.11. The van der Waals surface area contributed by atoms with Crippen molar-refractivity contribution in [3.63, 3.8) is 0 Å². The maximum atomic E-state index is 11.3. The lowest BCUT2D eigenvalue weighted by atomic mass is 10.2. The van der Waals surface area contributed by atoms with Gasteiger partial charge in [0.25, 0.3) is 0 Å². The predicted octanol–water partition coefficient (Wildman–Crippen LogP) is 2.72. The molecule has 0 aliphatic heterocycles. The van der Waals surface area contributed by atoms with Crippen LogP contribution < -0.4 is 20.1 Å². The molecule has 0 aliphatic rings. The van der Waals surface area contributed by atoms with E-state index in [0.717, 1.165) is 47.5 Å². The van der Waals surface area contributed by atoms with Crippen molar-refractivity contribution >= 4 is 50.7 Å². The average Bonchev–Trinajstić information content (AvgIpc) is 3.10. The average molecular weight is 552 g/mol. The number of ether oxygens (including phenoxy) is 2. The normalized spacial score (nSPS) is 12.9. The fraction of sp³-hybridized carbons (Fsp3) is 0.550. The van der Waals surface area contributed by atoms with Crippen molar-refractivity contribution in [2.24, 2.45) is 4.99 Å². The quantitative estimate of drug-likeness (QED) is 0.181. The molecular formula is C20H33IN4O4S. The minimum atomic E-state index is -2.95. The number of sulfone groups is 1. The second-order valence-corrected chi connectivity index (χ2v) is 9.41. The Balaban J connectivity index is 0.00000450. The van der Waals surface area contributed by atoms with Crippen LogP contribution >= 0.6 is 24.0 Å². The number of benzene rings is 1. The fourth-order valence-electron chi connectivity index (χ4n) is 3.04. The SMILES string of the molecule is CN=C(NCCCc1cc2c(OC)cc(OC)cc2[nH]1)NC(C)CCS(C)(=O)=O.I. The molecule has 1 heterocycles. The lowest BCUT2D eigenvalue weighted by Gasteiger charge is -2.17. The molecule has 2 rings (SSSR count). The van der Waals surface area contributed by atoms with Crippen LogP contribution in [0.1, 0.15) is 25.5 Å². The number of hydrogen-bond acceptors (Lipinski definition) is 5. The van der Waals surface area contributed by atoms with Crippen LogP contribution in [0.4, 0.5) is 0 Å². The Bertz CT molecular complexity index is 944. The first-order valence-corrected chi connectivity index (χ1v) is 11.7. The third-order valence-electron chi connectivity index (χ3n) is 4.63. The van der Waals surface area contributed by atoms with E-state index >= 15 is 0 Å². The van der Waals surface area contributed by atoms with E-state index in [9.17, 15) is 8.42 Å². The molecule has 0 fully saturated rings. The highest BCUT2D eigenvalue weighted by molar-refractivity contribution is 14.0. The van der Waals surface area contributed by atoms with E-state index in [2.05, 4.69) is 26.7 Å². The third kappa shape index (κ3) is 8.21. The van der Waals surface area contributed by atoms with Gasteiger partial charge in [-0.2, -0.15) is 0 Å². The number of hydrogen-bond donors (Lipinski definition) is 3. The van der Waals surface area contributed by atoms with Crippen molar-refractivity contribution in [1.29, 1.82) is 0 Å². The molecule has 30 heavy (non-hydrogen) atoms. The van der Waals surface area contributed by atoms with Gasteiger partial charge >= 0.3 is 0 Å². The minimum absolute atomic E-state index is 0. The van der Waals surface area contributed by atoms with Crippen molar-refractivity contribution in [2.45, 2.75) is 32.2 Å². The maximum absolute atomic E-state index is 11.3. The summed E-state index contributed by atoms with van der Waals surface area (Å²) in [5, 5.41) is 7.53. The van der Waals surface area contributed by atoms with Crippen LogP contribution in [0.3, 0.4) is 0 Å². The van der Waals surface area contributed by atoms with Crippen molar-refractivity contribution in [1.82, 2.24) is 15.6 Å². The molecule has 170 valence electrons. The molecule has 10 heteroatoms. The molecule has 1 unspecified atom stereocenters. The number of nitrogens with one attached hydrogen (secondary N) is 3. The Morgan fingerprint density at radius 1 is 1.23 bits per heavy atom. The van der Waals surface area contributed by atoms with Crippen LogP contribution in [0.2, 0.25) is 0 Å². The Hall–Kier alpha value is -1.69. The summed E-state index contributed by atoms with van der Waals surface area (Å²) in [5.74, 6) is 2.37. The maximum Gasteiger partial charge on any atom is 0.191 e. The zero-order valence-corrected chi connectivity index (χ0v) is 21.4. The number of rotatable bonds is 10. The summed E-state index contributed by atoms with van der Waals surface area (Å²) in [4.78, 5) is 7.62. The molecule has 0 saturated heterocycles. The number of aliphatic imine (C=N–C) groups is 1. The molecule has 0 radical (unpaired) electrons. The highest BCUT2D eigenvalue weighted by Crippen LogP contribution is 2.31. The van der Waals surface area contributed by atoms with Gasteiger partial charge in [0.1, 0.15) is 21.3 Å². The van der Waals surface area contributed by atoms with Gasteiger partial charge in [-0.1, -0.05) is 0 Å². The summed E-state index contributed by atoms with van der Waals surface area (Å²) in [5.41, 5.74) is 2.11. The van der Waals surface area contributed by atoms with E-state index < -0.39 is 9.84 Å². The largest absolute Gasteiger partial charge is 0.497 e. The summed E-state index contributed by atoms with van der Waals surface area (Å²) >= 11 is 0. The van der Waals surface area contributed by atoms with E-state index in [1.165, 1.54) is 6.26 Å². The molecule has 0 spiro atoms. The topological polar surface area (TPSA) is 105 Å². The van der Waals surface area contributed by atoms with Crippen LogP contribution in [0.25, 0.3) is 10.9 Å². The van der Waals surface area contributed by atoms with Gasteiger partial charge in [-0.25, -0.2) is 8.42 Å². The number of aromatic amines is 1. The smallest absolute Gasteiger partial charge is 0.191 e. The Labute approximate surface area is 196 Å². The first kappa shape index (κ1) is 26.3. The number of halogens is 1. The Morgan fingerprint density at radius 3 is 2.57 bits per heavy atom. The van der Waals surface area contributed by atoms with Crippen molar-refractivity contribution in [3.8, 4) is 11.5 Å². The summed E-state index contributed by atoms with van der Waals surface area (Å²) < 4.78 is 33.3. The summed E-state index contributed by atoms with van der Waals surface area (Å²) in [6.45, 7) is 2.69. The standard InChI is InChI=1S/C20H32N4O4S.HI/c1-14(8-10-29(5,25)26)23-20(21-2)22-9-6-7-15-11-17-18(24-15)12-16(27-3)13-19(17)28-4;/h11-14,24H,6-10H2,1-5H3,(H2,21,22,23);1H. The molecule has 0 aliphatic carbocycles. The van der Waals surface area contributed by atoms with E-state index in [1.807, 2.05) is 19.1 Å². The number of aryl methyl sites for hydroxylation is 1. The van der Waals surface area contributed by atoms with Crippen LogP contribution in [0.15, 0.2) is 23.2 Å². The van der Waals surface area contributed by atoms with Gasteiger partial charge in [0.15, 0.2) is 5.96 Å². The van der Waals surface area contributed by atoms with Crippen LogP contribution in [0, 0.1) is 0 Å². The minimum Gasteiger partial charge on any atom is -0.497 e. The van der Waals surface area contributed by atoms with Crippen LogP contribution in [0.5, 0.6) is 11.5 Å². The van der Waals surface area contributed by atoms with Gasteiger partial charge in [-0.15, -0.1) is 24.0 Å². The summed E-state index contributed by atoms with van der Waals surface area (Å²) in [7, 11) is 2.04. The Kier molecular flexibility index (Phi) is 10.7. The number of guanidine groups is 1. The first-order chi connectivity index (χ1) is 13.8. The molecule has 0 bridgehead atoms. The number of H-pyrrole nitrogens is 1. The fourth-order valence-corrected chi connectivity index (χ4v) is 3.82. The highest BCUT2D eigenvalue weighted by atomic mass is 127. The molecule has 8 nitrogen and oxygen atoms in total. The third-order valence-corrected chi connectivity index (χ3v) is 5.61. The second kappa shape index (κ2) is 12.2. The Morgan fingerprint density at radius 2 is 1.97 bits per heavy atom. The van der Waals surface area contributed by atoms with Crippen LogP contribution in [-0.4, -0.2) is 65.2 Å². The number of methoxy groups -OCH3 is 2. The predicted molar refractivity (Wildman–Crippen MR) is 133 cm³/mol. The molecule has 2 aromatic rings. The molecular weight excluding hydrogens is 519 g/mol. The van der Waals surface area contributed by atoms with E-state index in [4.69, 9.17) is 9.47 Å². The van der Waals surface area contributed by atoms with Crippen molar-refractivity contribution in [2.75, 3.05) is 39.8 Å². The lowest BCUT2D eigenvalue weighted by Crippen LogP contribution is -2.43. The van der Waals surface area contributed by atoms with Crippen molar-refractivity contribution in [3.05, 3.63) is 23.9 Å². The van der Waals surface area contributed by atoms with E-state index in [1.54, 1.807) is 21.3 Å². The molecule has 1 atom stereocenters. The molecule has 0 amide bonds. The molecule has 1 aromatic carbocycles. The van der Waals surface area contributed by atoms with Gasteiger partial charge in [-0.3, -0.25) is 4.99 Å². The zero-order chi connectivity index (χ0) is 21.4.